The standard InChI is InChI=1S/C24H23F3N4O3/c1-2-4-15-5-3-6-16(11-15)20-13-21(29-23(33)17-12-22(32)28-14-17)30-31(20)18-7-9-19(10-8-18)34-24(25,26)27/h3,5-11,13,17H,2,4,12,14H2,1H3,(H,28,32)(H,29,30,33)/t17-/m0/s1. The maximum absolute atomic E-state index is 12.6. The highest BCUT2D eigenvalue weighted by molar-refractivity contribution is 5.97. The maximum Gasteiger partial charge on any atom is 0.573 e. The molecule has 0 aliphatic carbocycles. The number of ether oxygens (including phenoxy) is 1. The summed E-state index contributed by atoms with van der Waals surface area (Å²) in [5.74, 6) is -1.08. The minimum Gasteiger partial charge on any atom is -0.406 e. The molecule has 1 saturated heterocycles. The van der Waals surface area contributed by atoms with Gasteiger partial charge in [0.25, 0.3) is 0 Å². The van der Waals surface area contributed by atoms with Gasteiger partial charge in [0, 0.05) is 24.6 Å². The van der Waals surface area contributed by atoms with Gasteiger partial charge in [-0.2, -0.15) is 0 Å². The number of rotatable bonds is 7. The molecule has 178 valence electrons. The Hall–Kier alpha value is -3.82. The lowest BCUT2D eigenvalue weighted by atomic mass is 10.0. The van der Waals surface area contributed by atoms with Crippen LogP contribution < -0.4 is 15.4 Å². The second-order valence-electron chi connectivity index (χ2n) is 8.01. The molecule has 7 nitrogen and oxygen atoms in total. The molecule has 1 aromatic heterocycles. The van der Waals surface area contributed by atoms with Crippen molar-refractivity contribution < 1.29 is 27.5 Å². The quantitative estimate of drug-likeness (QED) is 0.532. The lowest BCUT2D eigenvalue weighted by Crippen LogP contribution is -2.24. The molecule has 0 saturated carbocycles. The fourth-order valence-electron chi connectivity index (χ4n) is 3.83. The summed E-state index contributed by atoms with van der Waals surface area (Å²) in [6.07, 6.45) is -2.82. The normalized spacial score (nSPS) is 15.8. The Morgan fingerprint density at radius 1 is 1.21 bits per heavy atom. The largest absolute Gasteiger partial charge is 0.573 e. The molecule has 2 N–H and O–H groups in total. The number of carbonyl (C=O) groups is 2. The van der Waals surface area contributed by atoms with E-state index in [0.717, 1.165) is 24.0 Å². The zero-order chi connectivity index (χ0) is 24.3. The molecule has 1 aliphatic rings. The maximum atomic E-state index is 12.6. The molecule has 2 heterocycles. The van der Waals surface area contributed by atoms with E-state index >= 15 is 0 Å². The molecule has 3 aromatic rings. The van der Waals surface area contributed by atoms with Crippen molar-refractivity contribution in [3.8, 4) is 22.7 Å². The summed E-state index contributed by atoms with van der Waals surface area (Å²) in [6, 6.07) is 14.9. The lowest BCUT2D eigenvalue weighted by Gasteiger charge is -2.11. The van der Waals surface area contributed by atoms with Crippen molar-refractivity contribution in [3.05, 3.63) is 60.2 Å². The Morgan fingerprint density at radius 3 is 2.62 bits per heavy atom. The van der Waals surface area contributed by atoms with Gasteiger partial charge in [-0.05, 0) is 42.3 Å². The summed E-state index contributed by atoms with van der Waals surface area (Å²) in [4.78, 5) is 24.0. The number of hydrogen-bond donors (Lipinski definition) is 2. The summed E-state index contributed by atoms with van der Waals surface area (Å²) in [6.45, 7) is 2.34. The zero-order valence-electron chi connectivity index (χ0n) is 18.4. The van der Waals surface area contributed by atoms with Gasteiger partial charge in [0.2, 0.25) is 11.8 Å². The highest BCUT2D eigenvalue weighted by Crippen LogP contribution is 2.29. The topological polar surface area (TPSA) is 85.3 Å². The van der Waals surface area contributed by atoms with E-state index in [4.69, 9.17) is 0 Å². The van der Waals surface area contributed by atoms with Crippen LogP contribution in [0.5, 0.6) is 5.75 Å². The van der Waals surface area contributed by atoms with E-state index in [0.29, 0.717) is 11.4 Å². The third-order valence-electron chi connectivity index (χ3n) is 5.39. The number of nitrogens with zero attached hydrogens (tertiary/aromatic N) is 2. The molecule has 0 unspecified atom stereocenters. The third-order valence-corrected chi connectivity index (χ3v) is 5.39. The van der Waals surface area contributed by atoms with E-state index in [1.807, 2.05) is 24.3 Å². The Kier molecular flexibility index (Phi) is 6.58. The molecule has 34 heavy (non-hydrogen) atoms. The molecule has 4 rings (SSSR count). The van der Waals surface area contributed by atoms with Crippen molar-refractivity contribution in [2.45, 2.75) is 32.5 Å². The molecule has 2 aromatic carbocycles. The van der Waals surface area contributed by atoms with Gasteiger partial charge in [0.15, 0.2) is 5.82 Å². The van der Waals surface area contributed by atoms with Crippen molar-refractivity contribution in [2.24, 2.45) is 5.92 Å². The van der Waals surface area contributed by atoms with E-state index in [1.54, 1.807) is 10.7 Å². The van der Waals surface area contributed by atoms with Crippen LogP contribution in [0.1, 0.15) is 25.3 Å². The number of amides is 2. The summed E-state index contributed by atoms with van der Waals surface area (Å²) in [7, 11) is 0. The Morgan fingerprint density at radius 2 is 1.97 bits per heavy atom. The first-order valence-corrected chi connectivity index (χ1v) is 10.8. The minimum atomic E-state index is -4.79. The number of nitrogens with one attached hydrogen (secondary N) is 2. The molecule has 1 atom stereocenters. The number of hydrogen-bond acceptors (Lipinski definition) is 4. The Bertz CT molecular complexity index is 1190. The predicted molar refractivity (Wildman–Crippen MR) is 119 cm³/mol. The van der Waals surface area contributed by atoms with Gasteiger partial charge in [-0.25, -0.2) is 4.68 Å². The highest BCUT2D eigenvalue weighted by atomic mass is 19.4. The first kappa shape index (κ1) is 23.3. The first-order chi connectivity index (χ1) is 16.2. The molecular weight excluding hydrogens is 449 g/mol. The van der Waals surface area contributed by atoms with Crippen LogP contribution in [0.15, 0.2) is 54.6 Å². The van der Waals surface area contributed by atoms with Gasteiger partial charge in [0.1, 0.15) is 5.75 Å². The van der Waals surface area contributed by atoms with Crippen LogP contribution in [0.25, 0.3) is 16.9 Å². The van der Waals surface area contributed by atoms with Crippen molar-refractivity contribution in [1.29, 1.82) is 0 Å². The summed E-state index contributed by atoms with van der Waals surface area (Å²) < 4.78 is 43.1. The summed E-state index contributed by atoms with van der Waals surface area (Å²) >= 11 is 0. The van der Waals surface area contributed by atoms with Gasteiger partial charge in [-0.15, -0.1) is 18.3 Å². The van der Waals surface area contributed by atoms with Crippen LogP contribution in [-0.4, -0.2) is 34.5 Å². The molecular formula is C24H23F3N4O3. The van der Waals surface area contributed by atoms with E-state index < -0.39 is 12.3 Å². The predicted octanol–water partition coefficient (Wildman–Crippen LogP) is 4.47. The van der Waals surface area contributed by atoms with Crippen LogP contribution in [0.3, 0.4) is 0 Å². The second-order valence-corrected chi connectivity index (χ2v) is 8.01. The molecule has 0 radical (unpaired) electrons. The van der Waals surface area contributed by atoms with E-state index in [1.165, 1.54) is 24.3 Å². The molecule has 0 bridgehead atoms. The molecule has 0 spiro atoms. The highest BCUT2D eigenvalue weighted by Gasteiger charge is 2.31. The first-order valence-electron chi connectivity index (χ1n) is 10.8. The fourth-order valence-corrected chi connectivity index (χ4v) is 3.83. The van der Waals surface area contributed by atoms with E-state index in [9.17, 15) is 22.8 Å². The van der Waals surface area contributed by atoms with Crippen molar-refractivity contribution >= 4 is 17.6 Å². The van der Waals surface area contributed by atoms with Gasteiger partial charge in [-0.1, -0.05) is 31.5 Å². The smallest absolute Gasteiger partial charge is 0.406 e. The second kappa shape index (κ2) is 9.58. The number of anilines is 1. The molecule has 1 aliphatic heterocycles. The van der Waals surface area contributed by atoms with Crippen LogP contribution in [0, 0.1) is 5.92 Å². The summed E-state index contributed by atoms with van der Waals surface area (Å²) in [5.41, 5.74) is 3.11. The van der Waals surface area contributed by atoms with Crippen LogP contribution in [0.2, 0.25) is 0 Å². The fraction of sp³-hybridized carbons (Fsp3) is 0.292. The zero-order valence-corrected chi connectivity index (χ0v) is 18.4. The SMILES string of the molecule is CCCc1cccc(-c2cc(NC(=O)[C@@H]3CNC(=O)C3)nn2-c2ccc(OC(F)(F)F)cc2)c1. The molecule has 2 amide bonds. The number of benzene rings is 2. The van der Waals surface area contributed by atoms with Gasteiger partial charge in [-0.3, -0.25) is 9.59 Å². The Labute approximate surface area is 193 Å². The average molecular weight is 472 g/mol. The Balaban J connectivity index is 1.68. The molecule has 1 fully saturated rings. The number of carbonyl (C=O) groups excluding carboxylic acids is 2. The minimum absolute atomic E-state index is 0.110. The monoisotopic (exact) mass is 472 g/mol. The van der Waals surface area contributed by atoms with Crippen LogP contribution in [0.4, 0.5) is 19.0 Å². The van der Waals surface area contributed by atoms with Crippen molar-refractivity contribution in [2.75, 3.05) is 11.9 Å². The van der Waals surface area contributed by atoms with E-state index in [2.05, 4.69) is 27.4 Å². The number of alkyl halides is 3. The van der Waals surface area contributed by atoms with Crippen molar-refractivity contribution in [3.63, 3.8) is 0 Å². The van der Waals surface area contributed by atoms with E-state index in [-0.39, 0.29) is 36.3 Å². The third kappa shape index (κ3) is 5.56. The average Bonchev–Trinajstić information content (AvgIpc) is 3.40. The van der Waals surface area contributed by atoms with Crippen LogP contribution >= 0.6 is 0 Å². The van der Waals surface area contributed by atoms with Gasteiger partial charge in [0.05, 0.1) is 17.3 Å². The number of aryl methyl sites for hydroxylation is 1. The van der Waals surface area contributed by atoms with Crippen LogP contribution in [-0.2, 0) is 16.0 Å². The van der Waals surface area contributed by atoms with Gasteiger partial charge >= 0.3 is 6.36 Å². The molecule has 10 heteroatoms. The lowest BCUT2D eigenvalue weighted by molar-refractivity contribution is -0.274. The van der Waals surface area contributed by atoms with Gasteiger partial charge < -0.3 is 15.4 Å². The number of aromatic nitrogens is 2. The summed E-state index contributed by atoms with van der Waals surface area (Å²) in [5, 5.41) is 9.86. The number of halogens is 3. The van der Waals surface area contributed by atoms with Crippen molar-refractivity contribution in [1.82, 2.24) is 15.1 Å².